The molecule has 1 spiro atoms. The number of aromatic nitrogens is 2. The second kappa shape index (κ2) is 4.58. The van der Waals surface area contributed by atoms with Crippen LogP contribution in [0.3, 0.4) is 0 Å². The van der Waals surface area contributed by atoms with Gasteiger partial charge in [-0.25, -0.2) is 4.98 Å². The highest BCUT2D eigenvalue weighted by Gasteiger charge is 2.37. The quantitative estimate of drug-likeness (QED) is 0.912. The van der Waals surface area contributed by atoms with E-state index in [0.29, 0.717) is 5.54 Å². The molecule has 0 radical (unpaired) electrons. The molecule has 1 aliphatic heterocycles. The summed E-state index contributed by atoms with van der Waals surface area (Å²) >= 11 is 1.71. The molecule has 1 aliphatic carbocycles. The lowest BCUT2D eigenvalue weighted by atomic mass is 9.94. The van der Waals surface area contributed by atoms with Gasteiger partial charge in [0.05, 0.1) is 5.69 Å². The zero-order valence-corrected chi connectivity index (χ0v) is 12.0. The lowest BCUT2D eigenvalue weighted by Gasteiger charge is -2.41. The summed E-state index contributed by atoms with van der Waals surface area (Å²) in [7, 11) is 0. The monoisotopic (exact) mass is 276 g/mol. The van der Waals surface area contributed by atoms with Crippen LogP contribution in [0.25, 0.3) is 4.96 Å². The Balaban J connectivity index is 1.48. The van der Waals surface area contributed by atoms with Crippen LogP contribution in [0, 0.1) is 0 Å². The van der Waals surface area contributed by atoms with Gasteiger partial charge in [-0.1, -0.05) is 12.8 Å². The largest absolute Gasteiger partial charge is 0.309 e. The highest BCUT2D eigenvalue weighted by molar-refractivity contribution is 7.15. The van der Waals surface area contributed by atoms with Gasteiger partial charge in [0.25, 0.3) is 0 Å². The maximum atomic E-state index is 4.70. The van der Waals surface area contributed by atoms with Gasteiger partial charge in [-0.15, -0.1) is 11.3 Å². The van der Waals surface area contributed by atoms with Crippen molar-refractivity contribution in [3.63, 3.8) is 0 Å². The smallest absolute Gasteiger partial charge is 0.193 e. The number of thiazole rings is 1. The third-order valence-electron chi connectivity index (χ3n) is 4.54. The van der Waals surface area contributed by atoms with E-state index in [4.69, 9.17) is 4.98 Å². The molecule has 0 atom stereocenters. The van der Waals surface area contributed by atoms with E-state index in [1.54, 1.807) is 11.3 Å². The van der Waals surface area contributed by atoms with Gasteiger partial charge in [-0.3, -0.25) is 9.30 Å². The van der Waals surface area contributed by atoms with Crippen molar-refractivity contribution < 1.29 is 0 Å². The van der Waals surface area contributed by atoms with Crippen molar-refractivity contribution in [2.45, 2.75) is 37.8 Å². The Morgan fingerprint density at radius 2 is 2.26 bits per heavy atom. The molecule has 0 bridgehead atoms. The van der Waals surface area contributed by atoms with Crippen LogP contribution in [0.2, 0.25) is 0 Å². The SMILES string of the molecule is c1cn2cc(CN3CCNC4(CCCC4)C3)nc2s1. The topological polar surface area (TPSA) is 32.6 Å². The van der Waals surface area contributed by atoms with Gasteiger partial charge in [0.15, 0.2) is 4.96 Å². The Bertz CT molecular complexity index is 538. The maximum absolute atomic E-state index is 4.70. The maximum Gasteiger partial charge on any atom is 0.193 e. The summed E-state index contributed by atoms with van der Waals surface area (Å²) < 4.78 is 2.13. The van der Waals surface area contributed by atoms with Crippen molar-refractivity contribution in [2.75, 3.05) is 19.6 Å². The molecule has 3 heterocycles. The fraction of sp³-hybridized carbons (Fsp3) is 0.643. The minimum atomic E-state index is 0.412. The van der Waals surface area contributed by atoms with Crippen LogP contribution in [-0.2, 0) is 6.54 Å². The molecule has 2 fully saturated rings. The third-order valence-corrected chi connectivity index (χ3v) is 5.31. The molecular formula is C14H20N4S. The molecule has 102 valence electrons. The van der Waals surface area contributed by atoms with Gasteiger partial charge >= 0.3 is 0 Å². The highest BCUT2D eigenvalue weighted by atomic mass is 32.1. The number of rotatable bonds is 2. The van der Waals surface area contributed by atoms with Gasteiger partial charge in [-0.2, -0.15) is 0 Å². The van der Waals surface area contributed by atoms with Gasteiger partial charge in [0, 0.05) is 49.5 Å². The Hall–Kier alpha value is -0.910. The fourth-order valence-electron chi connectivity index (χ4n) is 3.65. The van der Waals surface area contributed by atoms with Crippen molar-refractivity contribution in [3.8, 4) is 0 Å². The van der Waals surface area contributed by atoms with Crippen LogP contribution in [0.5, 0.6) is 0 Å². The summed E-state index contributed by atoms with van der Waals surface area (Å²) in [6, 6.07) is 0. The zero-order chi connectivity index (χ0) is 12.7. The van der Waals surface area contributed by atoms with Gasteiger partial charge in [-0.05, 0) is 12.8 Å². The Kier molecular flexibility index (Phi) is 2.86. The van der Waals surface area contributed by atoms with Gasteiger partial charge in [0.2, 0.25) is 0 Å². The Labute approximate surface area is 117 Å². The van der Waals surface area contributed by atoms with E-state index in [9.17, 15) is 0 Å². The van der Waals surface area contributed by atoms with Crippen molar-refractivity contribution in [3.05, 3.63) is 23.5 Å². The van der Waals surface area contributed by atoms with E-state index < -0.39 is 0 Å². The van der Waals surface area contributed by atoms with Gasteiger partial charge < -0.3 is 5.32 Å². The first kappa shape index (κ1) is 11.9. The predicted octanol–water partition coefficient (Wildman–Crippen LogP) is 2.11. The number of nitrogens with zero attached hydrogens (tertiary/aromatic N) is 3. The number of fused-ring (bicyclic) bond motifs is 1. The van der Waals surface area contributed by atoms with Crippen LogP contribution in [0.1, 0.15) is 31.4 Å². The van der Waals surface area contributed by atoms with Crippen molar-refractivity contribution >= 4 is 16.3 Å². The van der Waals surface area contributed by atoms with E-state index >= 15 is 0 Å². The number of piperazine rings is 1. The number of hydrogen-bond donors (Lipinski definition) is 1. The molecule has 1 saturated heterocycles. The third kappa shape index (κ3) is 2.20. The highest BCUT2D eigenvalue weighted by Crippen LogP contribution is 2.32. The first-order valence-electron chi connectivity index (χ1n) is 7.22. The summed E-state index contributed by atoms with van der Waals surface area (Å²) in [5.74, 6) is 0. The molecule has 2 aromatic heterocycles. The number of nitrogens with one attached hydrogen (secondary N) is 1. The fourth-order valence-corrected chi connectivity index (χ4v) is 4.36. The van der Waals surface area contributed by atoms with Crippen molar-refractivity contribution in [1.29, 1.82) is 0 Å². The minimum Gasteiger partial charge on any atom is -0.309 e. The second-order valence-electron chi connectivity index (χ2n) is 5.95. The summed E-state index contributed by atoms with van der Waals surface area (Å²) in [6.07, 6.45) is 9.74. The lowest BCUT2D eigenvalue weighted by molar-refractivity contribution is 0.128. The minimum absolute atomic E-state index is 0.412. The molecule has 2 aliphatic rings. The van der Waals surface area contributed by atoms with E-state index in [-0.39, 0.29) is 0 Å². The summed E-state index contributed by atoms with van der Waals surface area (Å²) in [5.41, 5.74) is 1.62. The van der Waals surface area contributed by atoms with Crippen LogP contribution < -0.4 is 5.32 Å². The van der Waals surface area contributed by atoms with E-state index in [2.05, 4.69) is 32.4 Å². The van der Waals surface area contributed by atoms with E-state index in [0.717, 1.165) is 24.6 Å². The normalized spacial score (nSPS) is 23.6. The Morgan fingerprint density at radius 3 is 3.11 bits per heavy atom. The molecule has 2 aromatic rings. The first-order chi connectivity index (χ1) is 9.33. The molecular weight excluding hydrogens is 256 g/mol. The van der Waals surface area contributed by atoms with E-state index in [1.807, 2.05) is 0 Å². The number of imidazole rings is 1. The molecule has 0 aromatic carbocycles. The average Bonchev–Trinajstić information content (AvgIpc) is 3.06. The van der Waals surface area contributed by atoms with Crippen LogP contribution >= 0.6 is 11.3 Å². The van der Waals surface area contributed by atoms with Crippen molar-refractivity contribution in [2.24, 2.45) is 0 Å². The average molecular weight is 276 g/mol. The predicted molar refractivity (Wildman–Crippen MR) is 77.5 cm³/mol. The molecule has 5 heteroatoms. The standard InChI is InChI=1S/C14H20N4S/c1-2-4-14(3-1)11-17(6-5-15-14)9-12-10-18-7-8-19-13(18)16-12/h7-8,10,15H,1-6,9,11H2. The summed E-state index contributed by atoms with van der Waals surface area (Å²) in [5, 5.41) is 5.85. The second-order valence-corrected chi connectivity index (χ2v) is 6.82. The summed E-state index contributed by atoms with van der Waals surface area (Å²) in [4.78, 5) is 8.39. The molecule has 19 heavy (non-hydrogen) atoms. The molecule has 1 N–H and O–H groups in total. The molecule has 0 amide bonds. The van der Waals surface area contributed by atoms with Crippen LogP contribution in [0.15, 0.2) is 17.8 Å². The van der Waals surface area contributed by atoms with Gasteiger partial charge in [0.1, 0.15) is 0 Å². The van der Waals surface area contributed by atoms with E-state index in [1.165, 1.54) is 37.9 Å². The lowest BCUT2D eigenvalue weighted by Crippen LogP contribution is -2.58. The number of hydrogen-bond acceptors (Lipinski definition) is 4. The first-order valence-corrected chi connectivity index (χ1v) is 8.10. The van der Waals surface area contributed by atoms with Crippen LogP contribution in [-0.4, -0.2) is 39.5 Å². The molecule has 0 unspecified atom stereocenters. The zero-order valence-electron chi connectivity index (χ0n) is 11.1. The molecule has 1 saturated carbocycles. The Morgan fingerprint density at radius 1 is 1.37 bits per heavy atom. The molecule has 4 nitrogen and oxygen atoms in total. The van der Waals surface area contributed by atoms with Crippen LogP contribution in [0.4, 0.5) is 0 Å². The van der Waals surface area contributed by atoms with Crippen molar-refractivity contribution in [1.82, 2.24) is 19.6 Å². The molecule has 4 rings (SSSR count). The summed E-state index contributed by atoms with van der Waals surface area (Å²) in [6.45, 7) is 4.46.